The molecule has 2 nitrogen and oxygen atoms in total. The minimum absolute atomic E-state index is 1.18. The summed E-state index contributed by atoms with van der Waals surface area (Å²) in [5, 5.41) is 7.18. The van der Waals surface area contributed by atoms with Crippen LogP contribution < -0.4 is 0 Å². The van der Waals surface area contributed by atoms with Crippen molar-refractivity contribution < 1.29 is 9.90 Å². The number of rotatable bonds is 0. The van der Waals surface area contributed by atoms with Gasteiger partial charge in [-0.1, -0.05) is 0 Å². The van der Waals surface area contributed by atoms with Gasteiger partial charge in [0.15, 0.2) is 0 Å². The van der Waals surface area contributed by atoms with E-state index in [9.17, 15) is 0 Å². The lowest BCUT2D eigenvalue weighted by molar-refractivity contribution is 0.0198. The Balaban J connectivity index is 0.000000165. The van der Waals surface area contributed by atoms with E-state index >= 15 is 0 Å². The van der Waals surface area contributed by atoms with Crippen LogP contribution in [0.15, 0.2) is 0 Å². The highest BCUT2D eigenvalue weighted by molar-refractivity contribution is 6.60. The fourth-order valence-corrected chi connectivity index (χ4v) is 3.98. The Morgan fingerprint density at radius 1 is 0.857 bits per heavy atom. The van der Waals surface area contributed by atoms with Gasteiger partial charge < -0.3 is 5.11 Å². The first-order chi connectivity index (χ1) is 6.63. The number of carbonyl (C=O) groups is 1. The summed E-state index contributed by atoms with van der Waals surface area (Å²) in [5.41, 5.74) is -1.36. The Morgan fingerprint density at radius 3 is 1.14 bits per heavy atom. The van der Waals surface area contributed by atoms with Crippen LogP contribution in [-0.4, -0.2) is 10.5 Å². The van der Waals surface area contributed by atoms with Gasteiger partial charge in [0.25, 0.3) is 0 Å². The summed E-state index contributed by atoms with van der Waals surface area (Å²) in [5.74, 6) is 4.71. The maximum atomic E-state index is 8.77. The molecular formula is C11H17ClO2. The predicted molar refractivity (Wildman–Crippen MR) is 55.5 cm³/mol. The molecule has 4 rings (SSSR count). The molecule has 1 N–H and O–H groups in total. The summed E-state index contributed by atoms with van der Waals surface area (Å²) >= 11 is 4.19. The molecule has 0 saturated heterocycles. The Bertz CT molecular complexity index is 167. The van der Waals surface area contributed by atoms with Gasteiger partial charge in [0.2, 0.25) is 0 Å². The van der Waals surface area contributed by atoms with E-state index in [1.54, 1.807) is 38.5 Å². The van der Waals surface area contributed by atoms with Crippen molar-refractivity contribution in [1.29, 1.82) is 0 Å². The van der Waals surface area contributed by atoms with Crippen molar-refractivity contribution in [3.8, 4) is 0 Å². The van der Waals surface area contributed by atoms with Gasteiger partial charge in [-0.15, -0.1) is 0 Å². The maximum absolute atomic E-state index is 8.77. The van der Waals surface area contributed by atoms with Crippen LogP contribution in [0.3, 0.4) is 0 Å². The molecule has 4 saturated carbocycles. The van der Waals surface area contributed by atoms with E-state index < -0.39 is 5.43 Å². The number of halogens is 1. The third-order valence-corrected chi connectivity index (χ3v) is 4.00. The summed E-state index contributed by atoms with van der Waals surface area (Å²) < 4.78 is 0. The molecule has 4 bridgehead atoms. The highest BCUT2D eigenvalue weighted by Crippen LogP contribution is 2.53. The third-order valence-electron chi connectivity index (χ3n) is 4.00. The molecule has 0 spiro atoms. The van der Waals surface area contributed by atoms with Crippen LogP contribution in [0.1, 0.15) is 38.5 Å². The van der Waals surface area contributed by atoms with E-state index in [0.717, 1.165) is 0 Å². The van der Waals surface area contributed by atoms with E-state index in [1.807, 2.05) is 0 Å². The molecule has 0 aromatic rings. The van der Waals surface area contributed by atoms with Crippen molar-refractivity contribution in [2.24, 2.45) is 23.7 Å². The first-order valence-electron chi connectivity index (χ1n) is 5.52. The lowest BCUT2D eigenvalue weighted by atomic mass is 9.56. The van der Waals surface area contributed by atoms with Crippen molar-refractivity contribution in [3.05, 3.63) is 0 Å². The van der Waals surface area contributed by atoms with Crippen molar-refractivity contribution in [2.45, 2.75) is 38.5 Å². The highest BCUT2D eigenvalue weighted by atomic mass is 35.5. The quantitative estimate of drug-likeness (QED) is 0.627. The van der Waals surface area contributed by atoms with Crippen LogP contribution >= 0.6 is 11.6 Å². The van der Waals surface area contributed by atoms with Crippen molar-refractivity contribution in [1.82, 2.24) is 0 Å². The van der Waals surface area contributed by atoms with E-state index in [2.05, 4.69) is 11.6 Å². The molecule has 4 fully saturated rings. The standard InChI is InChI=1S/C10H16.CHClO2/c1-7-2-9-4-8(1)5-10(3-7)6-9;2-1(3)4/h7-10H,1-6H2;(H,3,4). The highest BCUT2D eigenvalue weighted by Gasteiger charge is 2.41. The van der Waals surface area contributed by atoms with Gasteiger partial charge in [-0.25, -0.2) is 4.79 Å². The molecule has 0 atom stereocenters. The Morgan fingerprint density at radius 2 is 1.00 bits per heavy atom. The molecular weight excluding hydrogens is 200 g/mol. The normalized spacial score (nSPS) is 42.9. The van der Waals surface area contributed by atoms with Crippen LogP contribution in [0, 0.1) is 23.7 Å². The Hall–Kier alpha value is -0.240. The largest absolute Gasteiger partial charge is 0.469 e. The second kappa shape index (κ2) is 4.09. The zero-order valence-electron chi connectivity index (χ0n) is 8.29. The van der Waals surface area contributed by atoms with E-state index in [1.165, 1.54) is 23.7 Å². The first kappa shape index (κ1) is 10.3. The smallest absolute Gasteiger partial charge is 0.401 e. The fraction of sp³-hybridized carbons (Fsp3) is 0.909. The second-order valence-corrected chi connectivity index (χ2v) is 5.45. The van der Waals surface area contributed by atoms with Gasteiger partial charge in [-0.05, 0) is 62.2 Å². The molecule has 4 aliphatic carbocycles. The van der Waals surface area contributed by atoms with Gasteiger partial charge in [0, 0.05) is 11.6 Å². The van der Waals surface area contributed by atoms with E-state index in [4.69, 9.17) is 9.90 Å². The van der Waals surface area contributed by atoms with Crippen LogP contribution in [0.4, 0.5) is 4.79 Å². The van der Waals surface area contributed by atoms with Crippen molar-refractivity contribution in [2.75, 3.05) is 0 Å². The lowest BCUT2D eigenvalue weighted by Gasteiger charge is -2.49. The molecule has 0 aliphatic heterocycles. The molecule has 0 heterocycles. The number of hydrogen-bond donors (Lipinski definition) is 1. The zero-order valence-corrected chi connectivity index (χ0v) is 9.04. The molecule has 0 unspecified atom stereocenters. The van der Waals surface area contributed by atoms with Gasteiger partial charge in [-0.2, -0.15) is 0 Å². The van der Waals surface area contributed by atoms with Crippen molar-refractivity contribution >= 4 is 17.0 Å². The summed E-state index contributed by atoms with van der Waals surface area (Å²) in [6.45, 7) is 0. The second-order valence-electron chi connectivity index (χ2n) is 5.13. The summed E-state index contributed by atoms with van der Waals surface area (Å²) in [7, 11) is 0. The number of hydrogen-bond acceptors (Lipinski definition) is 1. The van der Waals surface area contributed by atoms with E-state index in [0.29, 0.717) is 0 Å². The number of carboxylic acid groups (broad SMARTS) is 1. The zero-order chi connectivity index (χ0) is 10.1. The first-order valence-corrected chi connectivity index (χ1v) is 5.89. The van der Waals surface area contributed by atoms with Crippen molar-refractivity contribution in [3.63, 3.8) is 0 Å². The molecule has 4 aliphatic rings. The molecule has 0 aromatic heterocycles. The molecule has 80 valence electrons. The summed E-state index contributed by atoms with van der Waals surface area (Å²) in [4.78, 5) is 8.77. The maximum Gasteiger partial charge on any atom is 0.401 e. The van der Waals surface area contributed by atoms with Gasteiger partial charge in [0.05, 0.1) is 0 Å². The Kier molecular flexibility index (Phi) is 3.01. The monoisotopic (exact) mass is 216 g/mol. The SMILES string of the molecule is C1C2CC3CC1CC(C2)C3.O=C(O)Cl. The third kappa shape index (κ3) is 2.41. The van der Waals surface area contributed by atoms with Crippen LogP contribution in [0.2, 0.25) is 0 Å². The molecule has 14 heavy (non-hydrogen) atoms. The molecule has 3 heteroatoms. The van der Waals surface area contributed by atoms with E-state index in [-0.39, 0.29) is 0 Å². The van der Waals surface area contributed by atoms with Crippen LogP contribution in [0.5, 0.6) is 0 Å². The summed E-state index contributed by atoms with van der Waals surface area (Å²) in [6.07, 6.45) is 9.62. The summed E-state index contributed by atoms with van der Waals surface area (Å²) in [6, 6.07) is 0. The minimum Gasteiger partial charge on any atom is -0.469 e. The molecule has 0 amide bonds. The minimum atomic E-state index is -1.36. The molecule has 0 aromatic carbocycles. The van der Waals surface area contributed by atoms with Gasteiger partial charge in [0.1, 0.15) is 0 Å². The van der Waals surface area contributed by atoms with Gasteiger partial charge in [-0.3, -0.25) is 0 Å². The molecule has 0 radical (unpaired) electrons. The average molecular weight is 217 g/mol. The Labute approximate surface area is 89.6 Å². The lowest BCUT2D eigenvalue weighted by Crippen LogP contribution is -2.38. The fourth-order valence-electron chi connectivity index (χ4n) is 3.98. The van der Waals surface area contributed by atoms with Crippen LogP contribution in [-0.2, 0) is 0 Å². The predicted octanol–water partition coefficient (Wildman–Crippen LogP) is 3.74. The van der Waals surface area contributed by atoms with Gasteiger partial charge >= 0.3 is 5.43 Å². The average Bonchev–Trinajstić information content (AvgIpc) is 1.98. The topological polar surface area (TPSA) is 37.3 Å². The van der Waals surface area contributed by atoms with Crippen LogP contribution in [0.25, 0.3) is 0 Å².